The van der Waals surface area contributed by atoms with Crippen LogP contribution in [-0.4, -0.2) is 20.5 Å². The predicted molar refractivity (Wildman–Crippen MR) is 75.7 cm³/mol. The van der Waals surface area contributed by atoms with Gasteiger partial charge < -0.3 is 10.5 Å². The topological polar surface area (TPSA) is 94.3 Å². The molecule has 0 aliphatic carbocycles. The highest BCUT2D eigenvalue weighted by Gasteiger charge is 2.19. The zero-order valence-electron chi connectivity index (χ0n) is 10.9. The van der Waals surface area contributed by atoms with E-state index in [9.17, 15) is 8.42 Å². The number of pyridine rings is 1. The van der Waals surface area contributed by atoms with Gasteiger partial charge in [-0.05, 0) is 24.3 Å². The van der Waals surface area contributed by atoms with Gasteiger partial charge in [0, 0.05) is 18.0 Å². The summed E-state index contributed by atoms with van der Waals surface area (Å²) in [6, 6.07) is 9.69. The molecular weight excluding hydrogens is 278 g/mol. The van der Waals surface area contributed by atoms with Gasteiger partial charge in [0.05, 0.1) is 19.3 Å². The Kier molecular flexibility index (Phi) is 4.21. The van der Waals surface area contributed by atoms with E-state index >= 15 is 0 Å². The van der Waals surface area contributed by atoms with Gasteiger partial charge in [0.15, 0.2) is 0 Å². The van der Waals surface area contributed by atoms with Gasteiger partial charge >= 0.3 is 0 Å². The number of anilines is 1. The van der Waals surface area contributed by atoms with Gasteiger partial charge in [-0.15, -0.1) is 0 Å². The standard InChI is InChI=1S/C13H15N3O3S/c1-19-12-8-10(14)5-6-13(12)20(17,18)16-9-11-4-2-3-7-15-11/h2-8,16H,9,14H2,1H3. The van der Waals surface area contributed by atoms with E-state index in [1.54, 1.807) is 24.4 Å². The molecule has 0 amide bonds. The molecule has 0 radical (unpaired) electrons. The number of nitrogens with zero attached hydrogens (tertiary/aromatic N) is 1. The number of nitrogens with two attached hydrogens (primary N) is 1. The molecule has 20 heavy (non-hydrogen) atoms. The van der Waals surface area contributed by atoms with Crippen LogP contribution in [0.4, 0.5) is 5.69 Å². The fourth-order valence-electron chi connectivity index (χ4n) is 1.66. The van der Waals surface area contributed by atoms with E-state index in [-0.39, 0.29) is 17.2 Å². The first-order chi connectivity index (χ1) is 9.53. The summed E-state index contributed by atoms with van der Waals surface area (Å²) in [6.07, 6.45) is 1.60. The lowest BCUT2D eigenvalue weighted by Crippen LogP contribution is -2.24. The van der Waals surface area contributed by atoms with Crippen LogP contribution >= 0.6 is 0 Å². The average molecular weight is 293 g/mol. The Balaban J connectivity index is 2.22. The van der Waals surface area contributed by atoms with Crippen molar-refractivity contribution >= 4 is 15.7 Å². The summed E-state index contributed by atoms with van der Waals surface area (Å²) in [7, 11) is -2.29. The number of hydrogen-bond donors (Lipinski definition) is 2. The third-order valence-corrected chi connectivity index (χ3v) is 4.09. The fraction of sp³-hybridized carbons (Fsp3) is 0.154. The lowest BCUT2D eigenvalue weighted by atomic mass is 10.3. The molecule has 3 N–H and O–H groups in total. The Morgan fingerprint density at radius 2 is 2.10 bits per heavy atom. The number of aromatic nitrogens is 1. The van der Waals surface area contributed by atoms with E-state index in [4.69, 9.17) is 10.5 Å². The molecule has 1 heterocycles. The van der Waals surface area contributed by atoms with Gasteiger partial charge in [-0.3, -0.25) is 4.98 Å². The van der Waals surface area contributed by atoms with Gasteiger partial charge in [-0.1, -0.05) is 6.07 Å². The van der Waals surface area contributed by atoms with Gasteiger partial charge in [-0.25, -0.2) is 13.1 Å². The number of nitrogens with one attached hydrogen (secondary N) is 1. The van der Waals surface area contributed by atoms with E-state index in [2.05, 4.69) is 9.71 Å². The molecule has 0 bridgehead atoms. The molecule has 0 aliphatic heterocycles. The van der Waals surface area contributed by atoms with Crippen LogP contribution in [0.5, 0.6) is 5.75 Å². The Bertz CT molecular complexity index is 687. The fourth-order valence-corrected chi connectivity index (χ4v) is 2.80. The van der Waals surface area contributed by atoms with Crippen molar-refractivity contribution in [2.45, 2.75) is 11.4 Å². The minimum atomic E-state index is -3.69. The highest BCUT2D eigenvalue weighted by atomic mass is 32.2. The lowest BCUT2D eigenvalue weighted by molar-refractivity contribution is 0.402. The molecule has 2 rings (SSSR count). The number of ether oxygens (including phenoxy) is 1. The third-order valence-electron chi connectivity index (χ3n) is 2.65. The van der Waals surface area contributed by atoms with E-state index < -0.39 is 10.0 Å². The van der Waals surface area contributed by atoms with Crippen molar-refractivity contribution < 1.29 is 13.2 Å². The van der Waals surface area contributed by atoms with Crippen LogP contribution in [0.1, 0.15) is 5.69 Å². The minimum absolute atomic E-state index is 0.0464. The highest BCUT2D eigenvalue weighted by Crippen LogP contribution is 2.25. The molecule has 6 nitrogen and oxygen atoms in total. The molecule has 2 aromatic rings. The van der Waals surface area contributed by atoms with Crippen LogP contribution in [0.25, 0.3) is 0 Å². The third kappa shape index (κ3) is 3.25. The van der Waals surface area contributed by atoms with Gasteiger partial charge in [0.1, 0.15) is 10.6 Å². The molecule has 1 aromatic carbocycles. The molecule has 7 heteroatoms. The second-order valence-corrected chi connectivity index (χ2v) is 5.79. The van der Waals surface area contributed by atoms with Crippen molar-refractivity contribution in [1.82, 2.24) is 9.71 Å². The Labute approximate surface area is 117 Å². The number of methoxy groups -OCH3 is 1. The molecule has 0 atom stereocenters. The summed E-state index contributed by atoms with van der Waals surface area (Å²) >= 11 is 0. The molecule has 0 fully saturated rings. The lowest BCUT2D eigenvalue weighted by Gasteiger charge is -2.11. The summed E-state index contributed by atoms with van der Waals surface area (Å²) in [5, 5.41) is 0. The maximum Gasteiger partial charge on any atom is 0.244 e. The number of rotatable bonds is 5. The van der Waals surface area contributed by atoms with E-state index in [0.717, 1.165) is 0 Å². The quantitative estimate of drug-likeness (QED) is 0.806. The summed E-state index contributed by atoms with van der Waals surface area (Å²) < 4.78 is 32.0. The van der Waals surface area contributed by atoms with E-state index in [1.807, 2.05) is 0 Å². The Hall–Kier alpha value is -2.12. The number of benzene rings is 1. The van der Waals surface area contributed by atoms with Crippen LogP contribution < -0.4 is 15.2 Å². The maximum absolute atomic E-state index is 12.2. The van der Waals surface area contributed by atoms with Crippen molar-refractivity contribution in [2.24, 2.45) is 0 Å². The number of sulfonamides is 1. The first-order valence-electron chi connectivity index (χ1n) is 5.86. The van der Waals surface area contributed by atoms with Gasteiger partial charge in [0.2, 0.25) is 10.0 Å². The molecular formula is C13H15N3O3S. The van der Waals surface area contributed by atoms with Crippen LogP contribution in [0.3, 0.4) is 0 Å². The second kappa shape index (κ2) is 5.89. The largest absolute Gasteiger partial charge is 0.495 e. The monoisotopic (exact) mass is 293 g/mol. The molecule has 0 aliphatic rings. The molecule has 1 aromatic heterocycles. The zero-order chi connectivity index (χ0) is 14.6. The predicted octanol–water partition coefficient (Wildman–Crippen LogP) is 1.15. The summed E-state index contributed by atoms with van der Waals surface area (Å²) in [6.45, 7) is 0.108. The minimum Gasteiger partial charge on any atom is -0.495 e. The smallest absolute Gasteiger partial charge is 0.244 e. The summed E-state index contributed by atoms with van der Waals surface area (Å²) in [5.41, 5.74) is 6.67. The van der Waals surface area contributed by atoms with Crippen molar-refractivity contribution in [1.29, 1.82) is 0 Å². The summed E-state index contributed by atoms with van der Waals surface area (Å²) in [4.78, 5) is 4.10. The van der Waals surface area contributed by atoms with Crippen molar-refractivity contribution in [3.05, 3.63) is 48.3 Å². The number of hydrogen-bond acceptors (Lipinski definition) is 5. The average Bonchev–Trinajstić information content (AvgIpc) is 2.46. The van der Waals surface area contributed by atoms with Crippen molar-refractivity contribution in [2.75, 3.05) is 12.8 Å². The van der Waals surface area contributed by atoms with E-state index in [1.165, 1.54) is 25.3 Å². The normalized spacial score (nSPS) is 11.2. The molecule has 0 saturated carbocycles. The van der Waals surface area contributed by atoms with Crippen LogP contribution in [0.2, 0.25) is 0 Å². The second-order valence-electron chi connectivity index (χ2n) is 4.06. The zero-order valence-corrected chi connectivity index (χ0v) is 11.7. The number of nitrogen functional groups attached to an aromatic ring is 1. The van der Waals surface area contributed by atoms with Crippen LogP contribution in [-0.2, 0) is 16.6 Å². The van der Waals surface area contributed by atoms with Crippen LogP contribution in [0.15, 0.2) is 47.5 Å². The highest BCUT2D eigenvalue weighted by molar-refractivity contribution is 7.89. The molecule has 106 valence electrons. The SMILES string of the molecule is COc1cc(N)ccc1S(=O)(=O)NCc1ccccn1. The van der Waals surface area contributed by atoms with Gasteiger partial charge in [-0.2, -0.15) is 0 Å². The summed E-state index contributed by atoms with van der Waals surface area (Å²) in [5.74, 6) is 0.207. The Morgan fingerprint density at radius 3 is 2.75 bits per heavy atom. The molecule has 0 spiro atoms. The Morgan fingerprint density at radius 1 is 1.30 bits per heavy atom. The van der Waals surface area contributed by atoms with E-state index in [0.29, 0.717) is 11.4 Å². The molecule has 0 saturated heterocycles. The first kappa shape index (κ1) is 14.3. The van der Waals surface area contributed by atoms with Crippen LogP contribution in [0, 0.1) is 0 Å². The van der Waals surface area contributed by atoms with Gasteiger partial charge in [0.25, 0.3) is 0 Å². The molecule has 0 unspecified atom stereocenters. The van der Waals surface area contributed by atoms with Crippen molar-refractivity contribution in [3.8, 4) is 5.75 Å². The first-order valence-corrected chi connectivity index (χ1v) is 7.34. The maximum atomic E-state index is 12.2. The van der Waals surface area contributed by atoms with Crippen molar-refractivity contribution in [3.63, 3.8) is 0 Å².